The predicted molar refractivity (Wildman–Crippen MR) is 109 cm³/mol. The Hall–Kier alpha value is -2.99. The zero-order valence-corrected chi connectivity index (χ0v) is 15.8. The number of nitrogens with zero attached hydrogens (tertiary/aromatic N) is 2. The van der Waals surface area contributed by atoms with Crippen LogP contribution in [0.3, 0.4) is 0 Å². The van der Waals surface area contributed by atoms with Crippen LogP contribution in [-0.2, 0) is 12.6 Å². The average molecular weight is 414 g/mol. The molecule has 0 saturated heterocycles. The number of aromatic nitrogens is 2. The highest BCUT2D eigenvalue weighted by Crippen LogP contribution is 2.40. The van der Waals surface area contributed by atoms with Crippen molar-refractivity contribution in [1.82, 2.24) is 9.78 Å². The summed E-state index contributed by atoms with van der Waals surface area (Å²) in [5.74, 6) is 0.598. The van der Waals surface area contributed by atoms with Gasteiger partial charge >= 0.3 is 6.18 Å². The molecule has 1 N–H and O–H groups in total. The molecule has 3 nitrogen and oxygen atoms in total. The Labute approximate surface area is 169 Å². The van der Waals surface area contributed by atoms with E-state index in [1.807, 2.05) is 42.5 Å². The van der Waals surface area contributed by atoms with Crippen molar-refractivity contribution in [3.05, 3.63) is 76.8 Å². The number of fused-ring (bicyclic) bond motifs is 2. The van der Waals surface area contributed by atoms with E-state index in [0.29, 0.717) is 24.5 Å². The number of alkyl halides is 3. The minimum atomic E-state index is -4.54. The zero-order chi connectivity index (χ0) is 20.2. The van der Waals surface area contributed by atoms with Gasteiger partial charge in [-0.2, -0.15) is 18.3 Å². The molecule has 0 unspecified atom stereocenters. The van der Waals surface area contributed by atoms with Gasteiger partial charge in [-0.05, 0) is 41.5 Å². The van der Waals surface area contributed by atoms with E-state index in [4.69, 9.17) is 11.6 Å². The topological polar surface area (TPSA) is 29.9 Å². The highest BCUT2D eigenvalue weighted by atomic mass is 35.5. The highest BCUT2D eigenvalue weighted by molar-refractivity contribution is 6.30. The van der Waals surface area contributed by atoms with Crippen LogP contribution in [0.25, 0.3) is 27.7 Å². The molecule has 0 atom stereocenters. The monoisotopic (exact) mass is 413 g/mol. The third-order valence-electron chi connectivity index (χ3n) is 5.17. The van der Waals surface area contributed by atoms with Crippen molar-refractivity contribution in [3.63, 3.8) is 0 Å². The number of anilines is 1. The molecule has 146 valence electrons. The Morgan fingerprint density at radius 2 is 1.76 bits per heavy atom. The molecule has 0 radical (unpaired) electrons. The zero-order valence-electron chi connectivity index (χ0n) is 15.1. The Bertz CT molecular complexity index is 1240. The number of hydrogen-bond acceptors (Lipinski definition) is 2. The molecule has 5 rings (SSSR count). The van der Waals surface area contributed by atoms with Gasteiger partial charge in [0.05, 0.1) is 16.9 Å². The summed E-state index contributed by atoms with van der Waals surface area (Å²) in [6.07, 6.45) is -3.84. The molecule has 4 aromatic rings. The summed E-state index contributed by atoms with van der Waals surface area (Å²) in [7, 11) is 0. The lowest BCUT2D eigenvalue weighted by atomic mass is 10.0. The summed E-state index contributed by atoms with van der Waals surface area (Å²) in [6.45, 7) is 0.655. The molecule has 7 heteroatoms. The molecule has 0 bridgehead atoms. The van der Waals surface area contributed by atoms with Crippen LogP contribution in [-0.4, -0.2) is 16.3 Å². The maximum Gasteiger partial charge on any atom is 0.418 e. The van der Waals surface area contributed by atoms with Gasteiger partial charge in [0.25, 0.3) is 0 Å². The van der Waals surface area contributed by atoms with Crippen molar-refractivity contribution in [2.45, 2.75) is 12.6 Å². The number of benzene rings is 3. The molecule has 3 aromatic carbocycles. The fourth-order valence-corrected chi connectivity index (χ4v) is 4.01. The first-order chi connectivity index (χ1) is 13.9. The van der Waals surface area contributed by atoms with Crippen molar-refractivity contribution in [1.29, 1.82) is 0 Å². The van der Waals surface area contributed by atoms with Gasteiger partial charge in [-0.15, -0.1) is 0 Å². The summed E-state index contributed by atoms with van der Waals surface area (Å²) < 4.78 is 42.3. The van der Waals surface area contributed by atoms with E-state index in [1.54, 1.807) is 0 Å². The van der Waals surface area contributed by atoms with Gasteiger partial charge in [0.2, 0.25) is 0 Å². The van der Waals surface area contributed by atoms with Crippen LogP contribution in [0.5, 0.6) is 0 Å². The Balaban J connectivity index is 1.72. The van der Waals surface area contributed by atoms with E-state index in [-0.39, 0.29) is 10.7 Å². The van der Waals surface area contributed by atoms with Crippen molar-refractivity contribution in [3.8, 4) is 16.9 Å². The molecular formula is C22H15ClF3N3. The third-order valence-corrected chi connectivity index (χ3v) is 5.40. The van der Waals surface area contributed by atoms with E-state index >= 15 is 0 Å². The lowest BCUT2D eigenvalue weighted by molar-refractivity contribution is -0.137. The Morgan fingerprint density at radius 1 is 0.966 bits per heavy atom. The Kier molecular flexibility index (Phi) is 4.06. The molecule has 0 amide bonds. The molecule has 29 heavy (non-hydrogen) atoms. The van der Waals surface area contributed by atoms with Crippen molar-refractivity contribution in [2.24, 2.45) is 0 Å². The smallest absolute Gasteiger partial charge is 0.369 e. The van der Waals surface area contributed by atoms with Crippen LogP contribution in [0.1, 0.15) is 11.1 Å². The first-order valence-electron chi connectivity index (χ1n) is 9.14. The van der Waals surface area contributed by atoms with Gasteiger partial charge in [0.15, 0.2) is 0 Å². The van der Waals surface area contributed by atoms with Gasteiger partial charge in [-0.1, -0.05) is 48.0 Å². The van der Waals surface area contributed by atoms with E-state index in [9.17, 15) is 13.2 Å². The summed E-state index contributed by atoms with van der Waals surface area (Å²) in [5, 5.41) is 9.97. The van der Waals surface area contributed by atoms with Gasteiger partial charge in [0.1, 0.15) is 5.82 Å². The summed E-state index contributed by atoms with van der Waals surface area (Å²) in [4.78, 5) is 0. The van der Waals surface area contributed by atoms with Crippen molar-refractivity contribution < 1.29 is 13.2 Å². The minimum Gasteiger partial charge on any atom is -0.369 e. The summed E-state index contributed by atoms with van der Waals surface area (Å²) >= 11 is 5.84. The van der Waals surface area contributed by atoms with Crippen LogP contribution in [0.4, 0.5) is 19.0 Å². The van der Waals surface area contributed by atoms with Gasteiger partial charge in [0, 0.05) is 22.7 Å². The third kappa shape index (κ3) is 3.04. The second-order valence-electron chi connectivity index (χ2n) is 6.99. The van der Waals surface area contributed by atoms with E-state index in [1.165, 1.54) is 16.8 Å². The SMILES string of the molecule is FC(F)(F)c1cc(Cl)ccc1-n1nc(-c2ccc3ccccc3c2)c2c1NCC2. The standard InChI is InChI=1S/C22H15ClF3N3/c23-16-7-8-19(18(12-16)22(24,25)26)29-21-17(9-10-27-21)20(28-29)15-6-5-13-3-1-2-4-14(13)11-15/h1-8,11-12,27H,9-10H2. The maximum absolute atomic E-state index is 13.6. The average Bonchev–Trinajstić information content (AvgIpc) is 3.30. The normalized spacial score (nSPS) is 13.5. The molecule has 0 fully saturated rings. The number of halogens is 4. The van der Waals surface area contributed by atoms with E-state index in [2.05, 4.69) is 10.4 Å². The summed E-state index contributed by atoms with van der Waals surface area (Å²) in [6, 6.07) is 17.7. The second-order valence-corrected chi connectivity index (χ2v) is 7.42. The van der Waals surface area contributed by atoms with E-state index in [0.717, 1.165) is 28.0 Å². The predicted octanol–water partition coefficient (Wildman–Crippen LogP) is 6.33. The van der Waals surface area contributed by atoms with Gasteiger partial charge < -0.3 is 5.32 Å². The lowest BCUT2D eigenvalue weighted by Crippen LogP contribution is -2.13. The molecule has 0 saturated carbocycles. The van der Waals surface area contributed by atoms with Gasteiger partial charge in [-0.25, -0.2) is 4.68 Å². The minimum absolute atomic E-state index is 0.0348. The second kappa shape index (κ2) is 6.52. The highest BCUT2D eigenvalue weighted by Gasteiger charge is 2.36. The van der Waals surface area contributed by atoms with Crippen molar-refractivity contribution in [2.75, 3.05) is 11.9 Å². The van der Waals surface area contributed by atoms with Crippen LogP contribution in [0, 0.1) is 0 Å². The molecule has 0 spiro atoms. The molecule has 1 aromatic heterocycles. The molecular weight excluding hydrogens is 399 g/mol. The van der Waals surface area contributed by atoms with Crippen LogP contribution < -0.4 is 5.32 Å². The number of nitrogens with one attached hydrogen (secondary N) is 1. The lowest BCUT2D eigenvalue weighted by Gasteiger charge is -2.15. The number of hydrogen-bond donors (Lipinski definition) is 1. The Morgan fingerprint density at radius 3 is 2.55 bits per heavy atom. The maximum atomic E-state index is 13.6. The van der Waals surface area contributed by atoms with Crippen molar-refractivity contribution >= 4 is 28.2 Å². The van der Waals surface area contributed by atoms with Crippen LogP contribution in [0.15, 0.2) is 60.7 Å². The fraction of sp³-hybridized carbons (Fsp3) is 0.136. The molecule has 2 heterocycles. The first kappa shape index (κ1) is 18.1. The van der Waals surface area contributed by atoms with Crippen LogP contribution in [0.2, 0.25) is 5.02 Å². The molecule has 1 aliphatic heterocycles. The van der Waals surface area contributed by atoms with E-state index < -0.39 is 11.7 Å². The number of rotatable bonds is 2. The fourth-order valence-electron chi connectivity index (χ4n) is 3.84. The molecule has 0 aliphatic carbocycles. The van der Waals surface area contributed by atoms with Crippen LogP contribution >= 0.6 is 11.6 Å². The van der Waals surface area contributed by atoms with Gasteiger partial charge in [-0.3, -0.25) is 0 Å². The summed E-state index contributed by atoms with van der Waals surface area (Å²) in [5.41, 5.74) is 1.64. The molecule has 1 aliphatic rings. The first-order valence-corrected chi connectivity index (χ1v) is 9.52. The quantitative estimate of drug-likeness (QED) is 0.416. The largest absolute Gasteiger partial charge is 0.418 e.